The van der Waals surface area contributed by atoms with Crippen molar-refractivity contribution in [2.45, 2.75) is 13.3 Å². The fourth-order valence-electron chi connectivity index (χ4n) is 4.82. The molecule has 0 radical (unpaired) electrons. The first-order valence-electron chi connectivity index (χ1n) is 10.8. The van der Waals surface area contributed by atoms with Crippen LogP contribution in [0.3, 0.4) is 0 Å². The highest BCUT2D eigenvalue weighted by atomic mass is 79.9. The van der Waals surface area contributed by atoms with Gasteiger partial charge in [0.05, 0.1) is 29.6 Å². The molecule has 1 aromatic carbocycles. The minimum atomic E-state index is -0.565. The van der Waals surface area contributed by atoms with Crippen molar-refractivity contribution in [3.63, 3.8) is 0 Å². The molecule has 2 heterocycles. The Morgan fingerprint density at radius 2 is 1.97 bits per heavy atom. The van der Waals surface area contributed by atoms with E-state index in [9.17, 15) is 19.7 Å². The molecule has 1 saturated heterocycles. The number of nitro groups is 1. The third-order valence-electron chi connectivity index (χ3n) is 6.35. The number of ether oxygens (including phenoxy) is 2. The van der Waals surface area contributed by atoms with Crippen LogP contribution in [0.2, 0.25) is 5.02 Å². The molecule has 12 heteroatoms. The number of hydrazone groups is 1. The number of allylic oxidation sites excluding steroid dienone is 2. The molecule has 2 amide bonds. The Hall–Kier alpha value is -3.31. The molecule has 2 aromatic rings. The fourth-order valence-corrected chi connectivity index (χ4v) is 5.46. The van der Waals surface area contributed by atoms with Gasteiger partial charge in [0, 0.05) is 22.2 Å². The lowest BCUT2D eigenvalue weighted by molar-refractivity contribution is -0.385. The number of pyridine rings is 1. The molecule has 0 N–H and O–H groups in total. The SMILES string of the molecule is CCOc1cc(C=NN2C(=O)[C@@H]3[C@H](C2=O)[C@H]2C=C[C@H]3C2)c(Br)c(Cl)c1Oc1ccc([N+](=O)[O-])cn1. The Bertz CT molecular complexity index is 1270. The van der Waals surface area contributed by atoms with Crippen LogP contribution in [0.5, 0.6) is 17.4 Å². The number of benzene rings is 1. The number of aromatic nitrogens is 1. The minimum absolute atomic E-state index is 0.0785. The van der Waals surface area contributed by atoms with E-state index >= 15 is 0 Å². The molecule has 2 aliphatic carbocycles. The molecule has 4 atom stereocenters. The van der Waals surface area contributed by atoms with E-state index in [-0.39, 0.29) is 63.6 Å². The molecular formula is C23H18BrClN4O6. The van der Waals surface area contributed by atoms with Crippen molar-refractivity contribution in [3.8, 4) is 17.4 Å². The molecular weight excluding hydrogens is 544 g/mol. The van der Waals surface area contributed by atoms with Gasteiger partial charge in [-0.05, 0) is 47.2 Å². The van der Waals surface area contributed by atoms with Crippen molar-refractivity contribution in [2.75, 3.05) is 6.61 Å². The fraction of sp³-hybridized carbons (Fsp3) is 0.304. The lowest BCUT2D eigenvalue weighted by atomic mass is 9.85. The van der Waals surface area contributed by atoms with Gasteiger partial charge in [0.2, 0.25) is 5.88 Å². The Morgan fingerprint density at radius 3 is 2.54 bits per heavy atom. The van der Waals surface area contributed by atoms with Gasteiger partial charge in [-0.1, -0.05) is 23.8 Å². The summed E-state index contributed by atoms with van der Waals surface area (Å²) in [5.74, 6) is -0.584. The highest BCUT2D eigenvalue weighted by Gasteiger charge is 2.59. The average Bonchev–Trinajstić information content (AvgIpc) is 3.52. The highest BCUT2D eigenvalue weighted by Crippen LogP contribution is 2.52. The van der Waals surface area contributed by atoms with Gasteiger partial charge in [-0.2, -0.15) is 10.1 Å². The lowest BCUT2D eigenvalue weighted by Crippen LogP contribution is -2.28. The average molecular weight is 562 g/mol. The predicted octanol–water partition coefficient (Wildman–Crippen LogP) is 4.74. The molecule has 35 heavy (non-hydrogen) atoms. The first-order valence-corrected chi connectivity index (χ1v) is 12.0. The molecule has 1 aliphatic heterocycles. The van der Waals surface area contributed by atoms with E-state index in [4.69, 9.17) is 21.1 Å². The predicted molar refractivity (Wildman–Crippen MR) is 128 cm³/mol. The van der Waals surface area contributed by atoms with E-state index in [1.54, 1.807) is 13.0 Å². The van der Waals surface area contributed by atoms with Crippen molar-refractivity contribution in [1.82, 2.24) is 9.99 Å². The molecule has 2 bridgehead atoms. The van der Waals surface area contributed by atoms with Crippen LogP contribution in [0.25, 0.3) is 0 Å². The first-order chi connectivity index (χ1) is 16.8. The van der Waals surface area contributed by atoms with Crippen molar-refractivity contribution < 1.29 is 24.0 Å². The summed E-state index contributed by atoms with van der Waals surface area (Å²) in [6, 6.07) is 4.20. The van der Waals surface area contributed by atoms with E-state index in [1.807, 2.05) is 12.2 Å². The normalized spacial score (nSPS) is 24.5. The van der Waals surface area contributed by atoms with Gasteiger partial charge in [-0.3, -0.25) is 19.7 Å². The van der Waals surface area contributed by atoms with Gasteiger partial charge in [-0.25, -0.2) is 4.98 Å². The van der Waals surface area contributed by atoms with Crippen LogP contribution in [0.4, 0.5) is 5.69 Å². The number of rotatable bonds is 7. The number of amides is 2. The number of carbonyl (C=O) groups excluding carboxylic acids is 2. The van der Waals surface area contributed by atoms with Gasteiger partial charge in [-0.15, -0.1) is 0 Å². The maximum Gasteiger partial charge on any atom is 0.287 e. The second kappa shape index (κ2) is 9.04. The Morgan fingerprint density at radius 1 is 1.29 bits per heavy atom. The zero-order valence-electron chi connectivity index (χ0n) is 18.3. The van der Waals surface area contributed by atoms with Crippen molar-refractivity contribution in [1.29, 1.82) is 0 Å². The lowest BCUT2D eigenvalue weighted by Gasteiger charge is -2.16. The number of hydrogen-bond acceptors (Lipinski definition) is 8. The van der Waals surface area contributed by atoms with Crippen LogP contribution in [-0.2, 0) is 9.59 Å². The molecule has 10 nitrogen and oxygen atoms in total. The van der Waals surface area contributed by atoms with E-state index in [2.05, 4.69) is 26.0 Å². The smallest absolute Gasteiger partial charge is 0.287 e. The number of carbonyl (C=O) groups is 2. The molecule has 2 fully saturated rings. The Kier molecular flexibility index (Phi) is 6.06. The Balaban J connectivity index is 1.42. The molecule has 1 aromatic heterocycles. The van der Waals surface area contributed by atoms with Crippen LogP contribution in [-0.4, -0.2) is 39.6 Å². The van der Waals surface area contributed by atoms with Crippen LogP contribution in [0.15, 0.2) is 46.1 Å². The minimum Gasteiger partial charge on any atom is -0.490 e. The van der Waals surface area contributed by atoms with Gasteiger partial charge >= 0.3 is 0 Å². The molecule has 1 saturated carbocycles. The summed E-state index contributed by atoms with van der Waals surface area (Å²) in [5, 5.41) is 16.1. The second-order valence-corrected chi connectivity index (χ2v) is 9.47. The van der Waals surface area contributed by atoms with E-state index in [0.717, 1.165) is 17.6 Å². The highest BCUT2D eigenvalue weighted by molar-refractivity contribution is 9.10. The maximum absolute atomic E-state index is 12.9. The summed E-state index contributed by atoms with van der Waals surface area (Å²) in [5.41, 5.74) is 0.279. The quantitative estimate of drug-likeness (QED) is 0.157. The number of nitrogens with zero attached hydrogens (tertiary/aromatic N) is 4. The van der Waals surface area contributed by atoms with Gasteiger partial charge < -0.3 is 9.47 Å². The van der Waals surface area contributed by atoms with Gasteiger partial charge in [0.25, 0.3) is 17.5 Å². The van der Waals surface area contributed by atoms with Crippen molar-refractivity contribution in [2.24, 2.45) is 28.8 Å². The second-order valence-electron chi connectivity index (χ2n) is 8.30. The number of halogens is 2. The summed E-state index contributed by atoms with van der Waals surface area (Å²) in [6.07, 6.45) is 7.33. The Labute approximate surface area is 212 Å². The summed E-state index contributed by atoms with van der Waals surface area (Å²) in [4.78, 5) is 40.0. The van der Waals surface area contributed by atoms with E-state index < -0.39 is 4.92 Å². The van der Waals surface area contributed by atoms with Crippen molar-refractivity contribution >= 4 is 51.2 Å². The zero-order valence-corrected chi connectivity index (χ0v) is 20.6. The maximum atomic E-state index is 12.9. The third-order valence-corrected chi connectivity index (χ3v) is 7.80. The number of fused-ring (bicyclic) bond motifs is 5. The third kappa shape index (κ3) is 3.98. The molecule has 3 aliphatic rings. The topological polar surface area (TPSA) is 124 Å². The van der Waals surface area contributed by atoms with Crippen LogP contribution in [0, 0.1) is 33.8 Å². The van der Waals surface area contributed by atoms with E-state index in [0.29, 0.717) is 16.6 Å². The molecule has 180 valence electrons. The molecule has 0 unspecified atom stereocenters. The summed E-state index contributed by atoms with van der Waals surface area (Å²) in [6.45, 7) is 2.07. The largest absolute Gasteiger partial charge is 0.490 e. The summed E-state index contributed by atoms with van der Waals surface area (Å²) >= 11 is 9.95. The van der Waals surface area contributed by atoms with Crippen LogP contribution in [0.1, 0.15) is 18.9 Å². The van der Waals surface area contributed by atoms with E-state index in [1.165, 1.54) is 18.3 Å². The molecule has 0 spiro atoms. The van der Waals surface area contributed by atoms with Gasteiger partial charge in [0.1, 0.15) is 11.2 Å². The monoisotopic (exact) mass is 560 g/mol. The summed E-state index contributed by atoms with van der Waals surface area (Å²) in [7, 11) is 0. The van der Waals surface area contributed by atoms with Crippen LogP contribution < -0.4 is 9.47 Å². The standard InChI is InChI=1S/C23H18BrClN4O6/c1-2-34-15-8-13(9-27-28-22(30)17-11-3-4-12(7-11)18(17)23(28)31)19(24)20(25)21(15)35-16-6-5-14(10-26-16)29(32)33/h3-6,8-12,17-18H,2,7H2,1H3/t11-,12-,17-,18+/m0/s1. The van der Waals surface area contributed by atoms with Crippen LogP contribution >= 0.6 is 27.5 Å². The number of imide groups is 1. The first kappa shape index (κ1) is 23.4. The van der Waals surface area contributed by atoms with Gasteiger partial charge in [0.15, 0.2) is 11.5 Å². The zero-order chi connectivity index (χ0) is 24.9. The van der Waals surface area contributed by atoms with Crippen molar-refractivity contribution in [3.05, 3.63) is 61.7 Å². The summed E-state index contributed by atoms with van der Waals surface area (Å²) < 4.78 is 11.8. The molecule has 5 rings (SSSR count). The number of hydrogen-bond donors (Lipinski definition) is 0.